The summed E-state index contributed by atoms with van der Waals surface area (Å²) in [6.45, 7) is 4.52. The second-order valence-electron chi connectivity index (χ2n) is 5.37. The van der Waals surface area contributed by atoms with Crippen molar-refractivity contribution in [3.05, 3.63) is 58.6 Å². The molecular weight excluding hydrogens is 374 g/mol. The molecule has 0 saturated heterocycles. The Hall–Kier alpha value is -1.33. The van der Waals surface area contributed by atoms with E-state index in [-0.39, 0.29) is 0 Å². The third-order valence-corrected chi connectivity index (χ3v) is 6.15. The van der Waals surface area contributed by atoms with Gasteiger partial charge in [-0.25, -0.2) is 8.42 Å². The SMILES string of the molecule is CCCCN(c1ccccc1)S(=O)(=O)c1ccc(Br)cc1CC. The summed E-state index contributed by atoms with van der Waals surface area (Å²) in [5.41, 5.74) is 1.54. The average Bonchev–Trinajstić information content (AvgIpc) is 2.55. The Balaban J connectivity index is 2.52. The van der Waals surface area contributed by atoms with Gasteiger partial charge < -0.3 is 0 Å². The van der Waals surface area contributed by atoms with Gasteiger partial charge in [-0.15, -0.1) is 0 Å². The number of aryl methyl sites for hydroxylation is 1. The van der Waals surface area contributed by atoms with Crippen LogP contribution < -0.4 is 4.31 Å². The first-order valence-corrected chi connectivity index (χ1v) is 10.1. The summed E-state index contributed by atoms with van der Waals surface area (Å²) in [7, 11) is -3.57. The molecule has 2 aromatic rings. The molecule has 124 valence electrons. The first-order chi connectivity index (χ1) is 11.0. The monoisotopic (exact) mass is 395 g/mol. The molecule has 0 spiro atoms. The topological polar surface area (TPSA) is 37.4 Å². The quantitative estimate of drug-likeness (QED) is 0.660. The maximum absolute atomic E-state index is 13.2. The summed E-state index contributed by atoms with van der Waals surface area (Å²) in [6, 6.07) is 14.7. The largest absolute Gasteiger partial charge is 0.266 e. The predicted molar refractivity (Wildman–Crippen MR) is 99.4 cm³/mol. The lowest BCUT2D eigenvalue weighted by atomic mass is 10.2. The van der Waals surface area contributed by atoms with Crippen molar-refractivity contribution in [2.45, 2.75) is 38.0 Å². The summed E-state index contributed by atoms with van der Waals surface area (Å²) in [6.07, 6.45) is 2.44. The minimum atomic E-state index is -3.57. The lowest BCUT2D eigenvalue weighted by Gasteiger charge is -2.25. The smallest absolute Gasteiger partial charge is 0.264 e. The molecule has 0 aromatic heterocycles. The van der Waals surface area contributed by atoms with Crippen LogP contribution in [0.5, 0.6) is 0 Å². The van der Waals surface area contributed by atoms with Gasteiger partial charge in [-0.1, -0.05) is 54.4 Å². The molecule has 0 heterocycles. The molecule has 0 fully saturated rings. The van der Waals surface area contributed by atoms with Gasteiger partial charge in [-0.2, -0.15) is 0 Å². The number of sulfonamides is 1. The third-order valence-electron chi connectivity index (χ3n) is 3.73. The summed E-state index contributed by atoms with van der Waals surface area (Å²) in [5.74, 6) is 0. The van der Waals surface area contributed by atoms with Gasteiger partial charge in [0.05, 0.1) is 10.6 Å². The highest BCUT2D eigenvalue weighted by Crippen LogP contribution is 2.28. The van der Waals surface area contributed by atoms with Crippen LogP contribution in [0.1, 0.15) is 32.3 Å². The van der Waals surface area contributed by atoms with Gasteiger partial charge >= 0.3 is 0 Å². The lowest BCUT2D eigenvalue weighted by Crippen LogP contribution is -2.32. The van der Waals surface area contributed by atoms with Crippen LogP contribution in [0, 0.1) is 0 Å². The molecule has 2 rings (SSSR count). The van der Waals surface area contributed by atoms with Crippen LogP contribution in [-0.4, -0.2) is 15.0 Å². The van der Waals surface area contributed by atoms with Crippen molar-refractivity contribution < 1.29 is 8.42 Å². The summed E-state index contributed by atoms with van der Waals surface area (Å²) < 4.78 is 28.9. The molecule has 0 atom stereocenters. The number of hydrogen-bond acceptors (Lipinski definition) is 2. The highest BCUT2D eigenvalue weighted by Gasteiger charge is 2.26. The first-order valence-electron chi connectivity index (χ1n) is 7.87. The van der Waals surface area contributed by atoms with Crippen LogP contribution >= 0.6 is 15.9 Å². The molecule has 0 amide bonds. The van der Waals surface area contributed by atoms with E-state index in [0.29, 0.717) is 23.5 Å². The van der Waals surface area contributed by atoms with Crippen molar-refractivity contribution in [3.63, 3.8) is 0 Å². The molecule has 0 radical (unpaired) electrons. The van der Waals surface area contributed by atoms with E-state index < -0.39 is 10.0 Å². The van der Waals surface area contributed by atoms with E-state index in [0.717, 1.165) is 22.9 Å². The number of anilines is 1. The summed E-state index contributed by atoms with van der Waals surface area (Å²) >= 11 is 3.42. The van der Waals surface area contributed by atoms with Crippen LogP contribution in [0.4, 0.5) is 5.69 Å². The molecule has 0 aliphatic rings. The first kappa shape index (κ1) is 18.0. The van der Waals surface area contributed by atoms with Crippen molar-refractivity contribution >= 4 is 31.6 Å². The average molecular weight is 396 g/mol. The molecule has 23 heavy (non-hydrogen) atoms. The lowest BCUT2D eigenvalue weighted by molar-refractivity contribution is 0.587. The van der Waals surface area contributed by atoms with Crippen molar-refractivity contribution in [2.24, 2.45) is 0 Å². The minimum Gasteiger partial charge on any atom is -0.266 e. The van der Waals surface area contributed by atoms with E-state index in [2.05, 4.69) is 22.9 Å². The Labute approximate surface area is 147 Å². The zero-order valence-corrected chi connectivity index (χ0v) is 15.9. The highest BCUT2D eigenvalue weighted by molar-refractivity contribution is 9.10. The fourth-order valence-electron chi connectivity index (χ4n) is 2.48. The number of rotatable bonds is 7. The maximum Gasteiger partial charge on any atom is 0.264 e. The number of unbranched alkanes of at least 4 members (excludes halogenated alkanes) is 1. The van der Waals surface area contributed by atoms with Crippen molar-refractivity contribution in [2.75, 3.05) is 10.8 Å². The Morgan fingerprint density at radius 1 is 1.04 bits per heavy atom. The second kappa shape index (κ2) is 7.97. The van der Waals surface area contributed by atoms with Gasteiger partial charge in [-0.05, 0) is 48.7 Å². The molecule has 0 unspecified atom stereocenters. The van der Waals surface area contributed by atoms with Gasteiger partial charge in [0.15, 0.2) is 0 Å². The third kappa shape index (κ3) is 4.15. The van der Waals surface area contributed by atoms with Gasteiger partial charge in [0, 0.05) is 11.0 Å². The van der Waals surface area contributed by atoms with Crippen molar-refractivity contribution in [3.8, 4) is 0 Å². The van der Waals surface area contributed by atoms with Crippen LogP contribution in [0.2, 0.25) is 0 Å². The number of nitrogens with zero attached hydrogens (tertiary/aromatic N) is 1. The van der Waals surface area contributed by atoms with Gasteiger partial charge in [0.25, 0.3) is 10.0 Å². The van der Waals surface area contributed by atoms with E-state index in [1.807, 2.05) is 43.3 Å². The van der Waals surface area contributed by atoms with Crippen LogP contribution in [0.25, 0.3) is 0 Å². The van der Waals surface area contributed by atoms with Crippen molar-refractivity contribution in [1.82, 2.24) is 0 Å². The maximum atomic E-state index is 13.2. The zero-order chi connectivity index (χ0) is 16.9. The summed E-state index contributed by atoms with van der Waals surface area (Å²) in [4.78, 5) is 0.392. The normalized spacial score (nSPS) is 11.4. The number of halogens is 1. The number of para-hydroxylation sites is 1. The fraction of sp³-hybridized carbons (Fsp3) is 0.333. The van der Waals surface area contributed by atoms with Gasteiger partial charge in [-0.3, -0.25) is 4.31 Å². The Kier molecular flexibility index (Phi) is 6.25. The Bertz CT molecular complexity index is 745. The zero-order valence-electron chi connectivity index (χ0n) is 13.5. The number of benzene rings is 2. The van der Waals surface area contributed by atoms with Crippen LogP contribution in [0.3, 0.4) is 0 Å². The van der Waals surface area contributed by atoms with Crippen LogP contribution in [-0.2, 0) is 16.4 Å². The molecule has 0 aliphatic heterocycles. The molecule has 5 heteroatoms. The van der Waals surface area contributed by atoms with Gasteiger partial charge in [0.2, 0.25) is 0 Å². The summed E-state index contributed by atoms with van der Waals surface area (Å²) in [5, 5.41) is 0. The van der Waals surface area contributed by atoms with E-state index >= 15 is 0 Å². The van der Waals surface area contributed by atoms with Crippen LogP contribution in [0.15, 0.2) is 57.9 Å². The van der Waals surface area contributed by atoms with E-state index in [9.17, 15) is 8.42 Å². The second-order valence-corrected chi connectivity index (χ2v) is 8.12. The van der Waals surface area contributed by atoms with E-state index in [4.69, 9.17) is 0 Å². The van der Waals surface area contributed by atoms with Gasteiger partial charge in [0.1, 0.15) is 0 Å². The predicted octanol–water partition coefficient (Wildman–Crippen LogP) is 5.01. The molecule has 0 N–H and O–H groups in total. The Morgan fingerprint density at radius 2 is 1.74 bits per heavy atom. The molecule has 3 nitrogen and oxygen atoms in total. The molecule has 0 saturated carbocycles. The minimum absolute atomic E-state index is 0.392. The Morgan fingerprint density at radius 3 is 2.35 bits per heavy atom. The molecule has 2 aromatic carbocycles. The molecule has 0 aliphatic carbocycles. The number of hydrogen-bond donors (Lipinski definition) is 0. The standard InChI is InChI=1S/C18H22BrNO2S/c1-3-5-13-20(17-9-7-6-8-10-17)23(21,22)18-12-11-16(19)14-15(18)4-2/h6-12,14H,3-5,13H2,1-2H3. The molecular formula is C18H22BrNO2S. The highest BCUT2D eigenvalue weighted by atomic mass is 79.9. The van der Waals surface area contributed by atoms with Crippen molar-refractivity contribution in [1.29, 1.82) is 0 Å². The van der Waals surface area contributed by atoms with E-state index in [1.54, 1.807) is 12.1 Å². The fourth-order valence-corrected chi connectivity index (χ4v) is 4.67. The molecule has 0 bridgehead atoms. The van der Waals surface area contributed by atoms with E-state index in [1.165, 1.54) is 4.31 Å².